The Morgan fingerprint density at radius 2 is 2.18 bits per heavy atom. The lowest BCUT2D eigenvalue weighted by Gasteiger charge is -2.08. The predicted octanol–water partition coefficient (Wildman–Crippen LogP) is 0.543. The smallest absolute Gasteiger partial charge is 0.253 e. The van der Waals surface area contributed by atoms with E-state index in [1.165, 1.54) is 0 Å². The van der Waals surface area contributed by atoms with Crippen LogP contribution in [-0.2, 0) is 4.79 Å². The van der Waals surface area contributed by atoms with E-state index in [0.717, 1.165) is 5.52 Å². The molecule has 0 bridgehead atoms. The summed E-state index contributed by atoms with van der Waals surface area (Å²) in [5.41, 5.74) is 6.50. The fraction of sp³-hybridized carbons (Fsp3) is 0.167. The molecule has 0 spiro atoms. The molecule has 2 heterocycles. The SMILES string of the molecule is C[C@H](NC(=O)c1cc2ccccn2c1)C(N)=O. The Morgan fingerprint density at radius 1 is 1.41 bits per heavy atom. The molecule has 2 aromatic rings. The van der Waals surface area contributed by atoms with Gasteiger partial charge in [0.15, 0.2) is 0 Å². The minimum Gasteiger partial charge on any atom is -0.368 e. The summed E-state index contributed by atoms with van der Waals surface area (Å²) in [6, 6.07) is 6.74. The van der Waals surface area contributed by atoms with Gasteiger partial charge in [0, 0.05) is 17.9 Å². The van der Waals surface area contributed by atoms with Gasteiger partial charge in [-0.3, -0.25) is 9.59 Å². The van der Waals surface area contributed by atoms with Crippen LogP contribution in [0.4, 0.5) is 0 Å². The van der Waals surface area contributed by atoms with E-state index < -0.39 is 11.9 Å². The van der Waals surface area contributed by atoms with Crippen LogP contribution in [-0.4, -0.2) is 22.3 Å². The van der Waals surface area contributed by atoms with Crippen molar-refractivity contribution in [2.24, 2.45) is 5.73 Å². The van der Waals surface area contributed by atoms with Crippen molar-refractivity contribution >= 4 is 17.3 Å². The first kappa shape index (κ1) is 11.2. The molecule has 0 radical (unpaired) electrons. The zero-order valence-corrected chi connectivity index (χ0v) is 9.38. The Bertz CT molecular complexity index is 541. The first-order valence-corrected chi connectivity index (χ1v) is 5.25. The van der Waals surface area contributed by atoms with E-state index in [1.54, 1.807) is 19.2 Å². The zero-order valence-electron chi connectivity index (χ0n) is 9.38. The molecule has 17 heavy (non-hydrogen) atoms. The van der Waals surface area contributed by atoms with Crippen molar-refractivity contribution in [1.29, 1.82) is 0 Å². The van der Waals surface area contributed by atoms with Gasteiger partial charge in [-0.25, -0.2) is 0 Å². The van der Waals surface area contributed by atoms with E-state index in [4.69, 9.17) is 5.73 Å². The second-order valence-electron chi connectivity index (χ2n) is 3.86. The van der Waals surface area contributed by atoms with Crippen LogP contribution in [0.1, 0.15) is 17.3 Å². The number of nitrogens with one attached hydrogen (secondary N) is 1. The van der Waals surface area contributed by atoms with Crippen molar-refractivity contribution in [3.05, 3.63) is 42.2 Å². The molecule has 2 amide bonds. The molecule has 0 aliphatic rings. The summed E-state index contributed by atoms with van der Waals surface area (Å²) in [5, 5.41) is 2.53. The van der Waals surface area contributed by atoms with Crippen molar-refractivity contribution in [3.63, 3.8) is 0 Å². The number of primary amides is 1. The van der Waals surface area contributed by atoms with Crippen molar-refractivity contribution in [2.45, 2.75) is 13.0 Å². The number of rotatable bonds is 3. The number of amides is 2. The van der Waals surface area contributed by atoms with Gasteiger partial charge in [0.25, 0.3) is 5.91 Å². The highest BCUT2D eigenvalue weighted by Crippen LogP contribution is 2.09. The first-order valence-electron chi connectivity index (χ1n) is 5.25. The zero-order chi connectivity index (χ0) is 12.4. The van der Waals surface area contributed by atoms with Gasteiger partial charge >= 0.3 is 0 Å². The van der Waals surface area contributed by atoms with E-state index in [9.17, 15) is 9.59 Å². The molecule has 0 saturated heterocycles. The third-order valence-electron chi connectivity index (χ3n) is 2.54. The largest absolute Gasteiger partial charge is 0.368 e. The van der Waals surface area contributed by atoms with E-state index >= 15 is 0 Å². The number of carbonyl (C=O) groups is 2. The van der Waals surface area contributed by atoms with Gasteiger partial charge < -0.3 is 15.5 Å². The average Bonchev–Trinajstić information content (AvgIpc) is 2.72. The van der Waals surface area contributed by atoms with Crippen LogP contribution in [0.25, 0.3) is 5.52 Å². The van der Waals surface area contributed by atoms with Crippen LogP contribution >= 0.6 is 0 Å². The summed E-state index contributed by atoms with van der Waals surface area (Å²) in [6.45, 7) is 1.55. The van der Waals surface area contributed by atoms with Crippen molar-refractivity contribution in [2.75, 3.05) is 0 Å². The van der Waals surface area contributed by atoms with Crippen molar-refractivity contribution in [3.8, 4) is 0 Å². The van der Waals surface area contributed by atoms with Gasteiger partial charge in [-0.05, 0) is 25.1 Å². The molecule has 5 heteroatoms. The number of hydrogen-bond acceptors (Lipinski definition) is 2. The molecule has 0 aliphatic heterocycles. The van der Waals surface area contributed by atoms with Gasteiger partial charge in [0.05, 0.1) is 5.56 Å². The molecular weight excluding hydrogens is 218 g/mol. The summed E-state index contributed by atoms with van der Waals surface area (Å²) in [5.74, 6) is -0.859. The number of fused-ring (bicyclic) bond motifs is 1. The molecule has 2 aromatic heterocycles. The summed E-state index contributed by atoms with van der Waals surface area (Å²) in [6.07, 6.45) is 3.56. The second-order valence-corrected chi connectivity index (χ2v) is 3.86. The first-order chi connectivity index (χ1) is 8.08. The topological polar surface area (TPSA) is 76.6 Å². The van der Waals surface area contributed by atoms with Crippen LogP contribution < -0.4 is 11.1 Å². The minimum absolute atomic E-state index is 0.306. The van der Waals surface area contributed by atoms with Crippen LogP contribution in [0, 0.1) is 0 Å². The van der Waals surface area contributed by atoms with Gasteiger partial charge in [-0.2, -0.15) is 0 Å². The van der Waals surface area contributed by atoms with Crippen LogP contribution in [0.3, 0.4) is 0 Å². The number of pyridine rings is 1. The molecule has 3 N–H and O–H groups in total. The van der Waals surface area contributed by atoms with Gasteiger partial charge in [0.1, 0.15) is 6.04 Å². The van der Waals surface area contributed by atoms with Crippen LogP contribution in [0.2, 0.25) is 0 Å². The molecule has 2 rings (SSSR count). The Kier molecular flexibility index (Phi) is 2.82. The van der Waals surface area contributed by atoms with Gasteiger partial charge in [0.2, 0.25) is 5.91 Å². The molecule has 0 fully saturated rings. The fourth-order valence-electron chi connectivity index (χ4n) is 1.53. The Balaban J connectivity index is 2.22. The number of aromatic nitrogens is 1. The maximum absolute atomic E-state index is 11.8. The number of hydrogen-bond donors (Lipinski definition) is 2. The minimum atomic E-state index is -0.675. The molecule has 0 saturated carbocycles. The molecule has 1 atom stereocenters. The highest BCUT2D eigenvalue weighted by atomic mass is 16.2. The Hall–Kier alpha value is -2.30. The Morgan fingerprint density at radius 3 is 2.82 bits per heavy atom. The summed E-state index contributed by atoms with van der Waals surface area (Å²) < 4.78 is 1.84. The van der Waals surface area contributed by atoms with E-state index in [1.807, 2.05) is 28.8 Å². The third-order valence-corrected chi connectivity index (χ3v) is 2.54. The molecule has 0 aromatic carbocycles. The van der Waals surface area contributed by atoms with Crippen molar-refractivity contribution in [1.82, 2.24) is 9.72 Å². The fourth-order valence-corrected chi connectivity index (χ4v) is 1.53. The maximum Gasteiger partial charge on any atom is 0.253 e. The lowest BCUT2D eigenvalue weighted by atomic mass is 10.2. The average molecular weight is 231 g/mol. The van der Waals surface area contributed by atoms with Gasteiger partial charge in [-0.1, -0.05) is 6.07 Å². The summed E-state index contributed by atoms with van der Waals surface area (Å²) in [7, 11) is 0. The third kappa shape index (κ3) is 2.28. The molecule has 0 unspecified atom stereocenters. The lowest BCUT2D eigenvalue weighted by Crippen LogP contribution is -2.42. The molecule has 5 nitrogen and oxygen atoms in total. The molecular formula is C12H13N3O2. The number of nitrogens with two attached hydrogens (primary N) is 1. The number of carbonyl (C=O) groups excluding carboxylic acids is 2. The quantitative estimate of drug-likeness (QED) is 0.809. The van der Waals surface area contributed by atoms with E-state index in [2.05, 4.69) is 5.32 Å². The lowest BCUT2D eigenvalue weighted by molar-refractivity contribution is -0.119. The summed E-state index contributed by atoms with van der Waals surface area (Å²) >= 11 is 0. The van der Waals surface area contributed by atoms with E-state index in [0.29, 0.717) is 5.56 Å². The Labute approximate surface area is 98.2 Å². The van der Waals surface area contributed by atoms with Gasteiger partial charge in [-0.15, -0.1) is 0 Å². The summed E-state index contributed by atoms with van der Waals surface area (Å²) in [4.78, 5) is 22.6. The number of nitrogens with zero attached hydrogens (tertiary/aromatic N) is 1. The second kappa shape index (κ2) is 4.29. The maximum atomic E-state index is 11.8. The monoisotopic (exact) mass is 231 g/mol. The van der Waals surface area contributed by atoms with Crippen molar-refractivity contribution < 1.29 is 9.59 Å². The molecule has 88 valence electrons. The predicted molar refractivity (Wildman–Crippen MR) is 63.5 cm³/mol. The standard InChI is InChI=1S/C12H13N3O2/c1-8(11(13)16)14-12(17)9-6-10-4-2-3-5-15(10)7-9/h2-8H,1H3,(H2,13,16)(H,14,17)/t8-/m0/s1. The van der Waals surface area contributed by atoms with Crippen LogP contribution in [0.5, 0.6) is 0 Å². The normalized spacial score (nSPS) is 12.3. The van der Waals surface area contributed by atoms with E-state index in [-0.39, 0.29) is 5.91 Å². The highest BCUT2D eigenvalue weighted by Gasteiger charge is 2.14. The highest BCUT2D eigenvalue weighted by molar-refractivity contribution is 5.98. The van der Waals surface area contributed by atoms with Crippen LogP contribution in [0.15, 0.2) is 36.7 Å². The molecule has 0 aliphatic carbocycles.